The third-order valence-corrected chi connectivity index (χ3v) is 5.26. The highest BCUT2D eigenvalue weighted by molar-refractivity contribution is 7.12. The Morgan fingerprint density at radius 2 is 1.80 bits per heavy atom. The molecule has 0 aliphatic heterocycles. The van der Waals surface area contributed by atoms with Crippen LogP contribution in [-0.2, 0) is 18.4 Å². The molecule has 0 heterocycles. The fourth-order valence-electron chi connectivity index (χ4n) is 1.12. The second kappa shape index (κ2) is 8.10. The first-order valence-electron chi connectivity index (χ1n) is 5.14. The van der Waals surface area contributed by atoms with Gasteiger partial charge in [-0.2, -0.15) is 0 Å². The van der Waals surface area contributed by atoms with Crippen molar-refractivity contribution in [3.8, 4) is 0 Å². The van der Waals surface area contributed by atoms with Gasteiger partial charge < -0.3 is 13.6 Å². The van der Waals surface area contributed by atoms with E-state index in [0.717, 1.165) is 0 Å². The maximum Gasteiger partial charge on any atom is 0.443 e. The molecule has 0 aliphatic carbocycles. The molecule has 0 unspecified atom stereocenters. The molecule has 0 atom stereocenters. The molecule has 15 heavy (non-hydrogen) atoms. The Bertz CT molecular complexity index is 183. The summed E-state index contributed by atoms with van der Waals surface area (Å²) in [6, 6.07) is 0.628. The number of halogens is 1. The molecule has 0 spiro atoms. The Labute approximate surface area is 96.8 Å². The lowest BCUT2D eigenvalue weighted by Gasteiger charge is -2.22. The molecule has 0 amide bonds. The molecule has 0 aliphatic rings. The quantitative estimate of drug-likeness (QED) is 0.288. The SMILES string of the molecule is CCO[Si](Cl)(CCCOC(C)=O)OCC. The number of esters is 1. The summed E-state index contributed by atoms with van der Waals surface area (Å²) in [6.45, 7) is 6.62. The van der Waals surface area contributed by atoms with E-state index in [-0.39, 0.29) is 5.97 Å². The van der Waals surface area contributed by atoms with Crippen LogP contribution >= 0.6 is 11.1 Å². The molecule has 4 nitrogen and oxygen atoms in total. The van der Waals surface area contributed by atoms with Crippen LogP contribution in [0, 0.1) is 0 Å². The monoisotopic (exact) mass is 254 g/mol. The Kier molecular flexibility index (Phi) is 8.04. The number of hydrogen-bond acceptors (Lipinski definition) is 4. The van der Waals surface area contributed by atoms with Crippen molar-refractivity contribution in [2.24, 2.45) is 0 Å². The highest BCUT2D eigenvalue weighted by atomic mass is 35.6. The summed E-state index contributed by atoms with van der Waals surface area (Å²) in [5.74, 6) is -0.273. The van der Waals surface area contributed by atoms with Crippen LogP contribution in [0.15, 0.2) is 0 Å². The van der Waals surface area contributed by atoms with Crippen molar-refractivity contribution in [1.82, 2.24) is 0 Å². The molecule has 0 bridgehead atoms. The predicted molar refractivity (Wildman–Crippen MR) is 60.9 cm³/mol. The molecule has 0 aromatic carbocycles. The maximum absolute atomic E-state index is 10.5. The third-order valence-electron chi connectivity index (χ3n) is 1.64. The van der Waals surface area contributed by atoms with Gasteiger partial charge in [-0.3, -0.25) is 4.79 Å². The first-order valence-corrected chi connectivity index (χ1v) is 8.17. The number of ether oxygens (including phenoxy) is 1. The first-order chi connectivity index (χ1) is 7.04. The Morgan fingerprint density at radius 3 is 2.20 bits per heavy atom. The van der Waals surface area contributed by atoms with E-state index >= 15 is 0 Å². The largest absolute Gasteiger partial charge is 0.466 e. The molecule has 0 fully saturated rings. The van der Waals surface area contributed by atoms with Crippen molar-refractivity contribution in [1.29, 1.82) is 0 Å². The lowest BCUT2D eigenvalue weighted by atomic mass is 10.5. The average Bonchev–Trinajstić information content (AvgIpc) is 2.13. The summed E-state index contributed by atoms with van der Waals surface area (Å²) < 4.78 is 15.6. The summed E-state index contributed by atoms with van der Waals surface area (Å²) in [7, 11) is -2.54. The maximum atomic E-state index is 10.5. The minimum Gasteiger partial charge on any atom is -0.466 e. The van der Waals surface area contributed by atoms with Gasteiger partial charge in [0, 0.05) is 26.2 Å². The highest BCUT2D eigenvalue weighted by Gasteiger charge is 2.34. The molecule has 0 radical (unpaired) electrons. The van der Waals surface area contributed by atoms with Gasteiger partial charge in [0.2, 0.25) is 0 Å². The number of rotatable bonds is 8. The number of hydrogen-bond donors (Lipinski definition) is 0. The van der Waals surface area contributed by atoms with Crippen LogP contribution in [0.25, 0.3) is 0 Å². The summed E-state index contributed by atoms with van der Waals surface area (Å²) in [6.07, 6.45) is 0.676. The van der Waals surface area contributed by atoms with E-state index in [1.165, 1.54) is 6.92 Å². The van der Waals surface area contributed by atoms with E-state index in [1.54, 1.807) is 0 Å². The van der Waals surface area contributed by atoms with Crippen LogP contribution in [0.5, 0.6) is 0 Å². The lowest BCUT2D eigenvalue weighted by Crippen LogP contribution is -2.36. The molecule has 0 saturated carbocycles. The van der Waals surface area contributed by atoms with E-state index in [4.69, 9.17) is 24.7 Å². The van der Waals surface area contributed by atoms with E-state index in [9.17, 15) is 4.79 Å². The minimum atomic E-state index is -2.54. The van der Waals surface area contributed by atoms with E-state index in [2.05, 4.69) is 0 Å². The zero-order chi connectivity index (χ0) is 11.7. The summed E-state index contributed by atoms with van der Waals surface area (Å²) in [5, 5.41) is 0. The molecule has 0 N–H and O–H groups in total. The van der Waals surface area contributed by atoms with Gasteiger partial charge in [0.15, 0.2) is 0 Å². The zero-order valence-electron chi connectivity index (χ0n) is 9.55. The van der Waals surface area contributed by atoms with Crippen molar-refractivity contribution in [3.63, 3.8) is 0 Å². The summed E-state index contributed by atoms with van der Waals surface area (Å²) in [4.78, 5) is 10.5. The van der Waals surface area contributed by atoms with E-state index in [0.29, 0.717) is 32.3 Å². The number of carbonyl (C=O) groups is 1. The molecule has 6 heteroatoms. The third kappa shape index (κ3) is 7.78. The van der Waals surface area contributed by atoms with Gasteiger partial charge in [0.1, 0.15) is 0 Å². The van der Waals surface area contributed by atoms with Crippen molar-refractivity contribution in [3.05, 3.63) is 0 Å². The molecule has 0 rings (SSSR count). The van der Waals surface area contributed by atoms with Crippen LogP contribution in [0.4, 0.5) is 0 Å². The predicted octanol–water partition coefficient (Wildman–Crippen LogP) is 2.19. The zero-order valence-corrected chi connectivity index (χ0v) is 11.3. The van der Waals surface area contributed by atoms with E-state index in [1.807, 2.05) is 13.8 Å². The van der Waals surface area contributed by atoms with Crippen LogP contribution in [-0.4, -0.2) is 33.7 Å². The minimum absolute atomic E-state index is 0.273. The van der Waals surface area contributed by atoms with Gasteiger partial charge in [-0.25, -0.2) is 0 Å². The van der Waals surface area contributed by atoms with Gasteiger partial charge in [0.05, 0.1) is 6.61 Å². The fourth-order valence-corrected chi connectivity index (χ4v) is 3.97. The first kappa shape index (κ1) is 14.9. The van der Waals surface area contributed by atoms with Crippen molar-refractivity contribution >= 4 is 24.9 Å². The Morgan fingerprint density at radius 1 is 1.27 bits per heavy atom. The summed E-state index contributed by atoms with van der Waals surface area (Å²) >= 11 is 6.21. The van der Waals surface area contributed by atoms with Gasteiger partial charge in [-0.1, -0.05) is 11.1 Å². The van der Waals surface area contributed by atoms with Gasteiger partial charge in [-0.15, -0.1) is 0 Å². The molecular weight excluding hydrogens is 236 g/mol. The molecule has 0 aromatic rings. The van der Waals surface area contributed by atoms with Crippen LogP contribution < -0.4 is 0 Å². The van der Waals surface area contributed by atoms with Crippen molar-refractivity contribution in [2.75, 3.05) is 19.8 Å². The highest BCUT2D eigenvalue weighted by Crippen LogP contribution is 2.20. The average molecular weight is 255 g/mol. The van der Waals surface area contributed by atoms with Crippen LogP contribution in [0.2, 0.25) is 6.04 Å². The smallest absolute Gasteiger partial charge is 0.443 e. The Balaban J connectivity index is 3.79. The Hall–Kier alpha value is -0.103. The second-order valence-corrected chi connectivity index (χ2v) is 7.09. The van der Waals surface area contributed by atoms with Crippen molar-refractivity contribution < 1.29 is 18.4 Å². The van der Waals surface area contributed by atoms with Crippen LogP contribution in [0.1, 0.15) is 27.2 Å². The van der Waals surface area contributed by atoms with Gasteiger partial charge in [0.25, 0.3) is 0 Å². The molecular formula is C9H19ClO4Si. The van der Waals surface area contributed by atoms with Crippen molar-refractivity contribution in [2.45, 2.75) is 33.2 Å². The topological polar surface area (TPSA) is 44.8 Å². The normalized spacial score (nSPS) is 11.5. The summed E-state index contributed by atoms with van der Waals surface area (Å²) in [5.41, 5.74) is 0. The molecule has 0 saturated heterocycles. The lowest BCUT2D eigenvalue weighted by molar-refractivity contribution is -0.140. The second-order valence-electron chi connectivity index (χ2n) is 2.97. The van der Waals surface area contributed by atoms with Gasteiger partial charge in [-0.05, 0) is 20.3 Å². The van der Waals surface area contributed by atoms with Gasteiger partial charge >= 0.3 is 13.8 Å². The number of carbonyl (C=O) groups excluding carboxylic acids is 1. The molecule has 0 aromatic heterocycles. The molecule has 90 valence electrons. The standard InChI is InChI=1S/C9H19ClO4Si/c1-4-13-15(10,14-5-2)8-6-7-12-9(3)11/h4-8H2,1-3H3. The van der Waals surface area contributed by atoms with Crippen LogP contribution in [0.3, 0.4) is 0 Å². The fraction of sp³-hybridized carbons (Fsp3) is 0.889. The van der Waals surface area contributed by atoms with E-state index < -0.39 is 7.87 Å².